The molecule has 100 valence electrons. The van der Waals surface area contributed by atoms with E-state index in [0.29, 0.717) is 13.2 Å². The number of fused-ring (bicyclic) bond motifs is 1. The second kappa shape index (κ2) is 5.41. The highest BCUT2D eigenvalue weighted by molar-refractivity contribution is 7.15. The molecule has 1 aliphatic heterocycles. The summed E-state index contributed by atoms with van der Waals surface area (Å²) in [5.74, 6) is 1.56. The molecular formula is C12H13N3O3S. The Morgan fingerprint density at radius 3 is 3.00 bits per heavy atom. The van der Waals surface area contributed by atoms with Gasteiger partial charge in [0.1, 0.15) is 11.6 Å². The van der Waals surface area contributed by atoms with Crippen molar-refractivity contribution >= 4 is 16.5 Å². The van der Waals surface area contributed by atoms with Crippen LogP contribution in [0.25, 0.3) is 0 Å². The maximum absolute atomic E-state index is 5.61. The Hall–Kier alpha value is -1.86. The molecule has 0 fully saturated rings. The Labute approximate surface area is 114 Å². The van der Waals surface area contributed by atoms with Gasteiger partial charge < -0.3 is 19.5 Å². The zero-order valence-electron chi connectivity index (χ0n) is 10.4. The molecule has 0 spiro atoms. The average Bonchev–Trinajstić information content (AvgIpc) is 3.06. The molecule has 19 heavy (non-hydrogen) atoms. The van der Waals surface area contributed by atoms with Gasteiger partial charge in [0.25, 0.3) is 0 Å². The highest BCUT2D eigenvalue weighted by atomic mass is 32.1. The summed E-state index contributed by atoms with van der Waals surface area (Å²) in [4.78, 5) is 0. The molecule has 2 aromatic rings. The van der Waals surface area contributed by atoms with Crippen LogP contribution in [-0.2, 0) is 18.0 Å². The van der Waals surface area contributed by atoms with Gasteiger partial charge in [0.15, 0.2) is 11.5 Å². The normalized spacial score (nSPS) is 12.7. The zero-order chi connectivity index (χ0) is 13.1. The van der Waals surface area contributed by atoms with E-state index >= 15 is 0 Å². The van der Waals surface area contributed by atoms with E-state index in [-0.39, 0.29) is 6.79 Å². The molecule has 0 radical (unpaired) electrons. The quantitative estimate of drug-likeness (QED) is 0.903. The molecule has 1 aromatic heterocycles. The summed E-state index contributed by atoms with van der Waals surface area (Å²) in [7, 11) is 1.82. The van der Waals surface area contributed by atoms with Crippen molar-refractivity contribution in [2.24, 2.45) is 0 Å². The van der Waals surface area contributed by atoms with E-state index in [9.17, 15) is 0 Å². The smallest absolute Gasteiger partial charge is 0.231 e. The Bertz CT molecular complexity index is 573. The van der Waals surface area contributed by atoms with Gasteiger partial charge in [-0.05, 0) is 17.7 Å². The molecule has 1 aliphatic rings. The summed E-state index contributed by atoms with van der Waals surface area (Å²) < 4.78 is 16.2. The minimum atomic E-state index is 0.289. The van der Waals surface area contributed by atoms with Gasteiger partial charge in [-0.25, -0.2) is 0 Å². The van der Waals surface area contributed by atoms with Crippen molar-refractivity contribution in [1.29, 1.82) is 0 Å². The van der Waals surface area contributed by atoms with Gasteiger partial charge >= 0.3 is 0 Å². The molecule has 3 rings (SSSR count). The van der Waals surface area contributed by atoms with Gasteiger partial charge in [-0.15, -0.1) is 10.2 Å². The Balaban J connectivity index is 1.54. The SMILES string of the molecule is CNc1nnc(COCc2ccc3c(c2)OCO3)s1. The first-order valence-corrected chi connectivity index (χ1v) is 6.63. The molecule has 1 aromatic carbocycles. The Morgan fingerprint density at radius 2 is 2.16 bits per heavy atom. The van der Waals surface area contributed by atoms with E-state index < -0.39 is 0 Å². The van der Waals surface area contributed by atoms with Crippen LogP contribution in [0.15, 0.2) is 18.2 Å². The third-order valence-corrected chi connectivity index (χ3v) is 3.53. The highest BCUT2D eigenvalue weighted by Crippen LogP contribution is 2.32. The monoisotopic (exact) mass is 279 g/mol. The third-order valence-electron chi connectivity index (χ3n) is 2.61. The molecule has 2 heterocycles. The second-order valence-electron chi connectivity index (χ2n) is 3.93. The lowest BCUT2D eigenvalue weighted by Crippen LogP contribution is -1.94. The Kier molecular flexibility index (Phi) is 3.47. The van der Waals surface area contributed by atoms with E-state index in [2.05, 4.69) is 15.5 Å². The van der Waals surface area contributed by atoms with Gasteiger partial charge in [0.2, 0.25) is 11.9 Å². The lowest BCUT2D eigenvalue weighted by Gasteiger charge is -2.03. The fraction of sp³-hybridized carbons (Fsp3) is 0.333. The predicted molar refractivity (Wildman–Crippen MR) is 70.5 cm³/mol. The number of nitrogens with one attached hydrogen (secondary N) is 1. The number of hydrogen-bond acceptors (Lipinski definition) is 7. The molecule has 6 nitrogen and oxygen atoms in total. The summed E-state index contributed by atoms with van der Waals surface area (Å²) in [5, 5.41) is 12.5. The van der Waals surface area contributed by atoms with E-state index in [1.165, 1.54) is 11.3 Å². The fourth-order valence-electron chi connectivity index (χ4n) is 1.70. The van der Waals surface area contributed by atoms with Gasteiger partial charge in [0, 0.05) is 7.05 Å². The fourth-order valence-corrected chi connectivity index (χ4v) is 2.33. The maximum atomic E-state index is 5.61. The van der Waals surface area contributed by atoms with Gasteiger partial charge in [-0.1, -0.05) is 17.4 Å². The minimum absolute atomic E-state index is 0.289. The number of aromatic nitrogens is 2. The van der Waals surface area contributed by atoms with Crippen LogP contribution in [-0.4, -0.2) is 24.0 Å². The average molecular weight is 279 g/mol. The van der Waals surface area contributed by atoms with Crippen LogP contribution in [0, 0.1) is 0 Å². The van der Waals surface area contributed by atoms with E-state index in [1.807, 2.05) is 25.2 Å². The maximum Gasteiger partial charge on any atom is 0.231 e. The topological polar surface area (TPSA) is 65.5 Å². The van der Waals surface area contributed by atoms with Gasteiger partial charge in [0.05, 0.1) is 6.61 Å². The number of hydrogen-bond donors (Lipinski definition) is 1. The van der Waals surface area contributed by atoms with E-state index in [4.69, 9.17) is 14.2 Å². The molecule has 7 heteroatoms. The summed E-state index contributed by atoms with van der Waals surface area (Å²) in [6, 6.07) is 5.79. The zero-order valence-corrected chi connectivity index (χ0v) is 11.2. The van der Waals surface area contributed by atoms with E-state index in [0.717, 1.165) is 27.2 Å². The number of nitrogens with zero attached hydrogens (tertiary/aromatic N) is 2. The summed E-state index contributed by atoms with van der Waals surface area (Å²) in [6.07, 6.45) is 0. The van der Waals surface area contributed by atoms with Crippen LogP contribution >= 0.6 is 11.3 Å². The summed E-state index contributed by atoms with van der Waals surface area (Å²) in [6.45, 7) is 1.25. The van der Waals surface area contributed by atoms with Crippen LogP contribution in [0.2, 0.25) is 0 Å². The van der Waals surface area contributed by atoms with Crippen molar-refractivity contribution < 1.29 is 14.2 Å². The molecule has 0 atom stereocenters. The molecular weight excluding hydrogens is 266 g/mol. The number of ether oxygens (including phenoxy) is 3. The summed E-state index contributed by atoms with van der Waals surface area (Å²) >= 11 is 1.49. The molecule has 0 amide bonds. The first-order chi connectivity index (χ1) is 9.35. The van der Waals surface area contributed by atoms with Crippen molar-refractivity contribution in [3.63, 3.8) is 0 Å². The number of anilines is 1. The largest absolute Gasteiger partial charge is 0.454 e. The molecule has 0 bridgehead atoms. The van der Waals surface area contributed by atoms with Crippen molar-refractivity contribution in [3.05, 3.63) is 28.8 Å². The van der Waals surface area contributed by atoms with Crippen molar-refractivity contribution in [2.45, 2.75) is 13.2 Å². The highest BCUT2D eigenvalue weighted by Gasteiger charge is 2.13. The van der Waals surface area contributed by atoms with Crippen LogP contribution in [0.3, 0.4) is 0 Å². The second-order valence-corrected chi connectivity index (χ2v) is 4.99. The molecule has 0 saturated heterocycles. The van der Waals surface area contributed by atoms with Crippen LogP contribution in [0.4, 0.5) is 5.13 Å². The first-order valence-electron chi connectivity index (χ1n) is 5.81. The first kappa shape index (κ1) is 12.2. The van der Waals surface area contributed by atoms with Crippen LogP contribution in [0.1, 0.15) is 10.6 Å². The molecule has 1 N–H and O–H groups in total. The van der Waals surface area contributed by atoms with Crippen molar-refractivity contribution in [3.8, 4) is 11.5 Å². The third kappa shape index (κ3) is 2.77. The number of rotatable bonds is 5. The Morgan fingerprint density at radius 1 is 1.26 bits per heavy atom. The van der Waals surface area contributed by atoms with E-state index in [1.54, 1.807) is 0 Å². The molecule has 0 aliphatic carbocycles. The molecule has 0 saturated carbocycles. The predicted octanol–water partition coefficient (Wildman–Crippen LogP) is 2.03. The lowest BCUT2D eigenvalue weighted by atomic mass is 10.2. The summed E-state index contributed by atoms with van der Waals surface area (Å²) in [5.41, 5.74) is 1.04. The molecule has 0 unspecified atom stereocenters. The standard InChI is InChI=1S/C12H13N3O3S/c1-13-12-15-14-11(19-12)6-16-5-8-2-3-9-10(4-8)18-7-17-9/h2-4H,5-7H2,1H3,(H,13,15). The minimum Gasteiger partial charge on any atom is -0.454 e. The van der Waals surface area contributed by atoms with Gasteiger partial charge in [-0.3, -0.25) is 0 Å². The van der Waals surface area contributed by atoms with Crippen LogP contribution < -0.4 is 14.8 Å². The number of benzene rings is 1. The van der Waals surface area contributed by atoms with Gasteiger partial charge in [-0.2, -0.15) is 0 Å². The van der Waals surface area contributed by atoms with Crippen LogP contribution in [0.5, 0.6) is 11.5 Å². The van der Waals surface area contributed by atoms with Crippen molar-refractivity contribution in [1.82, 2.24) is 10.2 Å². The lowest BCUT2D eigenvalue weighted by molar-refractivity contribution is 0.106. The van der Waals surface area contributed by atoms with Crippen molar-refractivity contribution in [2.75, 3.05) is 19.2 Å².